The predicted molar refractivity (Wildman–Crippen MR) is 85.0 cm³/mol. The van der Waals surface area contributed by atoms with Crippen LogP contribution in [0.1, 0.15) is 24.6 Å². The van der Waals surface area contributed by atoms with Gasteiger partial charge in [0.05, 0.1) is 5.57 Å². The van der Waals surface area contributed by atoms with E-state index in [-0.39, 0.29) is 24.3 Å². The van der Waals surface area contributed by atoms with Crippen molar-refractivity contribution in [2.45, 2.75) is 19.8 Å². The van der Waals surface area contributed by atoms with E-state index in [9.17, 15) is 14.7 Å². The number of amides is 2. The summed E-state index contributed by atoms with van der Waals surface area (Å²) in [5, 5.41) is 11.3. The molecule has 0 radical (unpaired) electrons. The number of hydrogen-bond acceptors (Lipinski definition) is 5. The number of thiophene rings is 1. The number of aliphatic hydroxyl groups excluding tert-OH is 1. The van der Waals surface area contributed by atoms with E-state index in [4.69, 9.17) is 0 Å². The van der Waals surface area contributed by atoms with Gasteiger partial charge in [-0.25, -0.2) is 0 Å². The minimum absolute atomic E-state index is 0.123. The van der Waals surface area contributed by atoms with Gasteiger partial charge in [-0.1, -0.05) is 6.07 Å². The highest BCUT2D eigenvalue weighted by molar-refractivity contribution is 7.11. The molecule has 3 rings (SSSR count). The van der Waals surface area contributed by atoms with Gasteiger partial charge >= 0.3 is 0 Å². The molecule has 0 spiro atoms. The fourth-order valence-corrected chi connectivity index (χ4v) is 3.97. The highest BCUT2D eigenvalue weighted by Crippen LogP contribution is 2.35. The molecule has 2 aliphatic rings. The average Bonchev–Trinajstić information content (AvgIpc) is 3.13. The third-order valence-corrected chi connectivity index (χ3v) is 5.21. The molecule has 2 amide bonds. The maximum absolute atomic E-state index is 12.7. The lowest BCUT2D eigenvalue weighted by atomic mass is 9.98. The second-order valence-corrected chi connectivity index (χ2v) is 6.64. The summed E-state index contributed by atoms with van der Waals surface area (Å²) in [5.41, 5.74) is 1.05. The summed E-state index contributed by atoms with van der Waals surface area (Å²) < 4.78 is 0. The number of hydrogen-bond donors (Lipinski definition) is 1. The van der Waals surface area contributed by atoms with Gasteiger partial charge in [0.25, 0.3) is 11.8 Å². The molecule has 1 saturated heterocycles. The second-order valence-electron chi connectivity index (χ2n) is 5.69. The summed E-state index contributed by atoms with van der Waals surface area (Å²) >= 11 is 1.48. The van der Waals surface area contributed by atoms with Crippen molar-refractivity contribution < 1.29 is 14.7 Å². The molecule has 1 fully saturated rings. The summed E-state index contributed by atoms with van der Waals surface area (Å²) in [5.74, 6) is -0.227. The fourth-order valence-electron chi connectivity index (χ4n) is 3.20. The van der Waals surface area contributed by atoms with Crippen LogP contribution in [-0.2, 0) is 9.59 Å². The van der Waals surface area contributed by atoms with E-state index in [0.29, 0.717) is 24.4 Å². The molecule has 5 nitrogen and oxygen atoms in total. The zero-order chi connectivity index (χ0) is 15.7. The lowest BCUT2D eigenvalue weighted by Crippen LogP contribution is -2.40. The Morgan fingerprint density at radius 3 is 2.82 bits per heavy atom. The first kappa shape index (κ1) is 15.2. The smallest absolute Gasteiger partial charge is 0.277 e. The van der Waals surface area contributed by atoms with Gasteiger partial charge in [-0.05, 0) is 37.1 Å². The van der Waals surface area contributed by atoms with Gasteiger partial charge in [-0.2, -0.15) is 0 Å². The molecule has 0 aliphatic carbocycles. The van der Waals surface area contributed by atoms with E-state index in [1.807, 2.05) is 29.3 Å². The van der Waals surface area contributed by atoms with Gasteiger partial charge in [0.15, 0.2) is 0 Å². The normalized spacial score (nSPS) is 22.9. The minimum atomic E-state index is -0.200. The average molecular weight is 320 g/mol. The fraction of sp³-hybridized carbons (Fsp3) is 0.500. The lowest BCUT2D eigenvalue weighted by Gasteiger charge is -2.34. The maximum atomic E-state index is 12.7. The SMILES string of the molecule is CCN1C(=O)C(c2cccs2)=C(N2CCCC(CO)C2)C1=O. The zero-order valence-electron chi connectivity index (χ0n) is 12.6. The summed E-state index contributed by atoms with van der Waals surface area (Å²) in [7, 11) is 0. The Bertz CT molecular complexity index is 609. The number of aliphatic hydroxyl groups is 1. The van der Waals surface area contributed by atoms with Crippen molar-refractivity contribution in [1.82, 2.24) is 9.80 Å². The molecule has 0 aromatic carbocycles. The number of carbonyl (C=O) groups excluding carboxylic acids is 2. The standard InChI is InChI=1S/C16H20N2O3S/c1-2-18-15(20)13(12-6-4-8-22-12)14(16(18)21)17-7-3-5-11(9-17)10-19/h4,6,8,11,19H,2-3,5,7,9-10H2,1H3. The largest absolute Gasteiger partial charge is 0.396 e. The van der Waals surface area contributed by atoms with Crippen LogP contribution in [0, 0.1) is 5.92 Å². The molecule has 2 aliphatic heterocycles. The Hall–Kier alpha value is -1.66. The van der Waals surface area contributed by atoms with Gasteiger partial charge < -0.3 is 10.0 Å². The lowest BCUT2D eigenvalue weighted by molar-refractivity contribution is -0.137. The molecule has 1 atom stereocenters. The Balaban J connectivity index is 2.02. The van der Waals surface area contributed by atoms with Crippen LogP contribution < -0.4 is 0 Å². The van der Waals surface area contributed by atoms with Gasteiger partial charge in [-0.3, -0.25) is 14.5 Å². The molecule has 3 heterocycles. The van der Waals surface area contributed by atoms with Crippen LogP contribution in [0.2, 0.25) is 0 Å². The van der Waals surface area contributed by atoms with Crippen LogP contribution in [-0.4, -0.2) is 53.0 Å². The number of likely N-dealkylation sites (tertiary alicyclic amines) is 1. The predicted octanol–water partition coefficient (Wildman–Crippen LogP) is 1.55. The highest BCUT2D eigenvalue weighted by atomic mass is 32.1. The Kier molecular flexibility index (Phi) is 4.31. The Morgan fingerprint density at radius 1 is 1.36 bits per heavy atom. The molecule has 0 bridgehead atoms. The molecule has 1 unspecified atom stereocenters. The summed E-state index contributed by atoms with van der Waals surface area (Å²) in [6.45, 7) is 3.72. The zero-order valence-corrected chi connectivity index (χ0v) is 13.4. The van der Waals surface area contributed by atoms with E-state index in [2.05, 4.69) is 0 Å². The van der Waals surface area contributed by atoms with E-state index >= 15 is 0 Å². The molecule has 1 aromatic rings. The number of rotatable bonds is 4. The van der Waals surface area contributed by atoms with Crippen LogP contribution in [0.5, 0.6) is 0 Å². The summed E-state index contributed by atoms with van der Waals surface area (Å²) in [6, 6.07) is 3.78. The van der Waals surface area contributed by atoms with E-state index in [0.717, 1.165) is 24.3 Å². The van der Waals surface area contributed by atoms with E-state index < -0.39 is 0 Å². The monoisotopic (exact) mass is 320 g/mol. The number of carbonyl (C=O) groups is 2. The molecule has 1 aromatic heterocycles. The molecule has 22 heavy (non-hydrogen) atoms. The molecular weight excluding hydrogens is 300 g/mol. The Morgan fingerprint density at radius 2 is 2.18 bits per heavy atom. The minimum Gasteiger partial charge on any atom is -0.396 e. The number of nitrogens with zero attached hydrogens (tertiary/aromatic N) is 2. The van der Waals surface area contributed by atoms with Gasteiger partial charge in [0, 0.05) is 31.1 Å². The quantitative estimate of drug-likeness (QED) is 0.855. The van der Waals surface area contributed by atoms with Crippen LogP contribution >= 0.6 is 11.3 Å². The van der Waals surface area contributed by atoms with E-state index in [1.165, 1.54) is 16.2 Å². The van der Waals surface area contributed by atoms with Crippen LogP contribution in [0.4, 0.5) is 0 Å². The topological polar surface area (TPSA) is 60.9 Å². The third-order valence-electron chi connectivity index (χ3n) is 4.32. The van der Waals surface area contributed by atoms with Crippen LogP contribution in [0.15, 0.2) is 23.2 Å². The second kappa shape index (κ2) is 6.22. The number of piperidine rings is 1. The van der Waals surface area contributed by atoms with E-state index in [1.54, 1.807) is 0 Å². The summed E-state index contributed by atoms with van der Waals surface area (Å²) in [6.07, 6.45) is 1.90. The molecule has 0 saturated carbocycles. The first-order valence-corrected chi connectivity index (χ1v) is 8.55. The van der Waals surface area contributed by atoms with Crippen molar-refractivity contribution in [2.75, 3.05) is 26.2 Å². The van der Waals surface area contributed by atoms with Crippen LogP contribution in [0.25, 0.3) is 5.57 Å². The van der Waals surface area contributed by atoms with Crippen molar-refractivity contribution in [3.63, 3.8) is 0 Å². The molecule has 1 N–H and O–H groups in total. The first-order valence-electron chi connectivity index (χ1n) is 7.67. The Labute approximate surface area is 133 Å². The van der Waals surface area contributed by atoms with Gasteiger partial charge in [0.1, 0.15) is 5.70 Å². The molecule has 118 valence electrons. The molecular formula is C16H20N2O3S. The first-order chi connectivity index (χ1) is 10.7. The third kappa shape index (κ3) is 2.46. The van der Waals surface area contributed by atoms with Crippen molar-refractivity contribution in [3.8, 4) is 0 Å². The van der Waals surface area contributed by atoms with Crippen molar-refractivity contribution in [2.24, 2.45) is 5.92 Å². The number of likely N-dealkylation sites (N-methyl/N-ethyl adjacent to an activating group) is 1. The highest BCUT2D eigenvalue weighted by Gasteiger charge is 2.41. The van der Waals surface area contributed by atoms with Crippen molar-refractivity contribution in [3.05, 3.63) is 28.1 Å². The van der Waals surface area contributed by atoms with Gasteiger partial charge in [0.2, 0.25) is 0 Å². The summed E-state index contributed by atoms with van der Waals surface area (Å²) in [4.78, 5) is 29.5. The maximum Gasteiger partial charge on any atom is 0.277 e. The molecule has 6 heteroatoms. The number of imide groups is 1. The van der Waals surface area contributed by atoms with Crippen LogP contribution in [0.3, 0.4) is 0 Å². The van der Waals surface area contributed by atoms with Crippen molar-refractivity contribution in [1.29, 1.82) is 0 Å². The van der Waals surface area contributed by atoms with Crippen molar-refractivity contribution >= 4 is 28.7 Å². The van der Waals surface area contributed by atoms with Gasteiger partial charge in [-0.15, -0.1) is 11.3 Å².